The zero-order valence-corrected chi connectivity index (χ0v) is 12.4. The fourth-order valence-electron chi connectivity index (χ4n) is 1.49. The Morgan fingerprint density at radius 1 is 0.895 bits per heavy atom. The van der Waals surface area contributed by atoms with Gasteiger partial charge in [0.25, 0.3) is 5.91 Å². The number of benzene rings is 2. The third-order valence-corrected chi connectivity index (χ3v) is 3.51. The summed E-state index contributed by atoms with van der Waals surface area (Å²) in [6, 6.07) is 9.68. The summed E-state index contributed by atoms with van der Waals surface area (Å²) in [6.07, 6.45) is 0. The van der Waals surface area contributed by atoms with E-state index in [9.17, 15) is 4.79 Å². The molecule has 0 bridgehead atoms. The van der Waals surface area contributed by atoms with E-state index < -0.39 is 5.91 Å². The van der Waals surface area contributed by atoms with Gasteiger partial charge in [0.15, 0.2) is 0 Å². The Morgan fingerprint density at radius 3 is 2.05 bits per heavy atom. The highest BCUT2D eigenvalue weighted by molar-refractivity contribution is 6.42. The first kappa shape index (κ1) is 14.5. The Bertz CT molecular complexity index is 619. The van der Waals surface area contributed by atoms with Crippen molar-refractivity contribution >= 4 is 58.0 Å². The summed E-state index contributed by atoms with van der Waals surface area (Å²) in [5, 5.41) is 3.88. The molecule has 6 heteroatoms. The molecule has 1 N–H and O–H groups in total. The molecule has 0 aliphatic rings. The van der Waals surface area contributed by atoms with Gasteiger partial charge in [-0.15, -0.1) is 0 Å². The van der Waals surface area contributed by atoms with Crippen LogP contribution in [0.5, 0.6) is 0 Å². The lowest BCUT2D eigenvalue weighted by atomic mass is 10.2. The van der Waals surface area contributed by atoms with Crippen LogP contribution in [0, 0.1) is 0 Å². The fourth-order valence-corrected chi connectivity index (χ4v) is 2.62. The molecule has 0 aliphatic carbocycles. The molecule has 2 nitrogen and oxygen atoms in total. The zero-order chi connectivity index (χ0) is 14.0. The van der Waals surface area contributed by atoms with Gasteiger partial charge in [-0.3, -0.25) is 4.79 Å². The number of nitrogens with one attached hydrogen (secondary N) is 1. The van der Waals surface area contributed by atoms with Crippen molar-refractivity contribution in [2.24, 2.45) is 0 Å². The number of hydrogen-bond acceptors (Lipinski definition) is 1. The van der Waals surface area contributed by atoms with Gasteiger partial charge in [-0.05, 0) is 24.3 Å². The van der Waals surface area contributed by atoms with Crippen LogP contribution in [0.4, 0.5) is 5.69 Å². The summed E-state index contributed by atoms with van der Waals surface area (Å²) in [6.45, 7) is 0. The molecular formula is C13H7Cl4NO. The van der Waals surface area contributed by atoms with Crippen LogP contribution in [0.15, 0.2) is 36.4 Å². The highest BCUT2D eigenvalue weighted by atomic mass is 35.5. The van der Waals surface area contributed by atoms with E-state index in [0.29, 0.717) is 21.3 Å². The molecule has 0 aromatic heterocycles. The molecule has 0 saturated heterocycles. The molecule has 0 heterocycles. The van der Waals surface area contributed by atoms with Crippen LogP contribution >= 0.6 is 46.4 Å². The Morgan fingerprint density at radius 2 is 1.47 bits per heavy atom. The molecule has 2 aromatic carbocycles. The Balaban J connectivity index is 2.32. The Hall–Kier alpha value is -0.930. The number of carbonyl (C=O) groups excluding carboxylic acids is 1. The second-order valence-electron chi connectivity index (χ2n) is 3.68. The lowest BCUT2D eigenvalue weighted by Gasteiger charge is -2.10. The van der Waals surface area contributed by atoms with Gasteiger partial charge in [-0.2, -0.15) is 0 Å². The maximum absolute atomic E-state index is 12.1. The zero-order valence-electron chi connectivity index (χ0n) is 9.38. The van der Waals surface area contributed by atoms with Crippen molar-refractivity contribution in [3.8, 4) is 0 Å². The highest BCUT2D eigenvalue weighted by Crippen LogP contribution is 2.34. The van der Waals surface area contributed by atoms with E-state index in [-0.39, 0.29) is 10.0 Å². The monoisotopic (exact) mass is 333 g/mol. The molecule has 0 unspecified atom stereocenters. The van der Waals surface area contributed by atoms with Gasteiger partial charge in [0.05, 0.1) is 26.3 Å². The van der Waals surface area contributed by atoms with E-state index >= 15 is 0 Å². The van der Waals surface area contributed by atoms with Gasteiger partial charge in [0, 0.05) is 5.02 Å². The second kappa shape index (κ2) is 6.02. The van der Waals surface area contributed by atoms with E-state index in [2.05, 4.69) is 5.32 Å². The number of carbonyl (C=O) groups is 1. The van der Waals surface area contributed by atoms with Crippen LogP contribution in [0.25, 0.3) is 0 Å². The lowest BCUT2D eigenvalue weighted by molar-refractivity contribution is 0.102. The maximum atomic E-state index is 12.1. The summed E-state index contributed by atoms with van der Waals surface area (Å²) >= 11 is 23.7. The summed E-state index contributed by atoms with van der Waals surface area (Å²) in [5.74, 6) is -0.392. The highest BCUT2D eigenvalue weighted by Gasteiger charge is 2.14. The number of halogens is 4. The SMILES string of the molecule is O=C(Nc1c(Cl)cc(Cl)cc1Cl)c1ccccc1Cl. The van der Waals surface area contributed by atoms with Crippen LogP contribution in [-0.4, -0.2) is 5.91 Å². The van der Waals surface area contributed by atoms with Gasteiger partial charge in [-0.1, -0.05) is 58.5 Å². The van der Waals surface area contributed by atoms with E-state index in [4.69, 9.17) is 46.4 Å². The van der Waals surface area contributed by atoms with E-state index in [1.807, 2.05) is 0 Å². The van der Waals surface area contributed by atoms with Gasteiger partial charge >= 0.3 is 0 Å². The molecule has 0 fully saturated rings. The minimum absolute atomic E-state index is 0.262. The van der Waals surface area contributed by atoms with Gasteiger partial charge in [0.2, 0.25) is 0 Å². The summed E-state index contributed by atoms with van der Waals surface area (Å²) in [4.78, 5) is 12.1. The number of rotatable bonds is 2. The third kappa shape index (κ3) is 3.34. The quantitative estimate of drug-likeness (QED) is 0.766. The summed E-state index contributed by atoms with van der Waals surface area (Å²) < 4.78 is 0. The molecule has 2 aromatic rings. The minimum atomic E-state index is -0.392. The Labute approximate surface area is 130 Å². The van der Waals surface area contributed by atoms with Gasteiger partial charge in [0.1, 0.15) is 0 Å². The first-order valence-corrected chi connectivity index (χ1v) is 6.70. The van der Waals surface area contributed by atoms with Crippen LogP contribution in [0.1, 0.15) is 10.4 Å². The van der Waals surface area contributed by atoms with Crippen molar-refractivity contribution in [2.45, 2.75) is 0 Å². The molecule has 98 valence electrons. The minimum Gasteiger partial charge on any atom is -0.319 e. The molecule has 19 heavy (non-hydrogen) atoms. The summed E-state index contributed by atoms with van der Waals surface area (Å²) in [5.41, 5.74) is 0.643. The topological polar surface area (TPSA) is 29.1 Å². The van der Waals surface area contributed by atoms with Crippen LogP contribution < -0.4 is 5.32 Å². The molecular weight excluding hydrogens is 328 g/mol. The summed E-state index contributed by atoms with van der Waals surface area (Å²) in [7, 11) is 0. The Kier molecular flexibility index (Phi) is 4.58. The molecule has 0 spiro atoms. The number of hydrogen-bond donors (Lipinski definition) is 1. The van der Waals surface area contributed by atoms with Crippen molar-refractivity contribution in [1.82, 2.24) is 0 Å². The average Bonchev–Trinajstić information content (AvgIpc) is 2.34. The van der Waals surface area contributed by atoms with Crippen molar-refractivity contribution in [3.63, 3.8) is 0 Å². The fraction of sp³-hybridized carbons (Fsp3) is 0. The van der Waals surface area contributed by atoms with Crippen molar-refractivity contribution in [2.75, 3.05) is 5.32 Å². The average molecular weight is 335 g/mol. The van der Waals surface area contributed by atoms with Crippen molar-refractivity contribution < 1.29 is 4.79 Å². The molecule has 0 atom stereocenters. The molecule has 0 radical (unpaired) electrons. The predicted molar refractivity (Wildman–Crippen MR) is 80.9 cm³/mol. The smallest absolute Gasteiger partial charge is 0.257 e. The van der Waals surface area contributed by atoms with Crippen molar-refractivity contribution in [3.05, 3.63) is 62.1 Å². The first-order valence-electron chi connectivity index (χ1n) is 5.19. The lowest BCUT2D eigenvalue weighted by Crippen LogP contribution is -2.13. The second-order valence-corrected chi connectivity index (χ2v) is 5.34. The number of anilines is 1. The van der Waals surface area contributed by atoms with Gasteiger partial charge < -0.3 is 5.32 Å². The molecule has 2 rings (SSSR count). The molecule has 0 aliphatic heterocycles. The normalized spacial score (nSPS) is 10.3. The molecule has 0 saturated carbocycles. The first-order chi connectivity index (χ1) is 8.99. The van der Waals surface area contributed by atoms with Crippen LogP contribution in [-0.2, 0) is 0 Å². The van der Waals surface area contributed by atoms with E-state index in [1.165, 1.54) is 12.1 Å². The van der Waals surface area contributed by atoms with Crippen molar-refractivity contribution in [1.29, 1.82) is 0 Å². The van der Waals surface area contributed by atoms with Gasteiger partial charge in [-0.25, -0.2) is 0 Å². The maximum Gasteiger partial charge on any atom is 0.257 e. The van der Waals surface area contributed by atoms with Crippen LogP contribution in [0.2, 0.25) is 20.1 Å². The van der Waals surface area contributed by atoms with E-state index in [1.54, 1.807) is 24.3 Å². The third-order valence-electron chi connectivity index (χ3n) is 2.36. The van der Waals surface area contributed by atoms with E-state index in [0.717, 1.165) is 0 Å². The standard InChI is InChI=1S/C13H7Cl4NO/c14-7-5-10(16)12(11(17)6-7)18-13(19)8-3-1-2-4-9(8)15/h1-6H,(H,18,19). The predicted octanol–water partition coefficient (Wildman–Crippen LogP) is 5.55. The largest absolute Gasteiger partial charge is 0.319 e. The number of amides is 1. The van der Waals surface area contributed by atoms with Crippen LogP contribution in [0.3, 0.4) is 0 Å². The molecule has 1 amide bonds.